The van der Waals surface area contributed by atoms with Crippen LogP contribution in [0, 0.1) is 5.82 Å². The second-order valence-electron chi connectivity index (χ2n) is 4.65. The highest BCUT2D eigenvalue weighted by atomic mass is 19.1. The van der Waals surface area contributed by atoms with E-state index in [0.717, 1.165) is 19.4 Å². The summed E-state index contributed by atoms with van der Waals surface area (Å²) in [6.45, 7) is 4.32. The van der Waals surface area contributed by atoms with Gasteiger partial charge in [0.05, 0.1) is 0 Å². The first-order valence-electron chi connectivity index (χ1n) is 6.49. The third kappa shape index (κ3) is 3.07. The first-order chi connectivity index (χ1) is 8.70. The van der Waals surface area contributed by atoms with E-state index < -0.39 is 0 Å². The minimum atomic E-state index is -0.365. The number of carbonyl (C=O) groups is 1. The van der Waals surface area contributed by atoms with E-state index in [2.05, 4.69) is 5.32 Å². The molecule has 0 saturated carbocycles. The molecule has 1 amide bonds. The molecule has 1 unspecified atom stereocenters. The van der Waals surface area contributed by atoms with Gasteiger partial charge in [0.1, 0.15) is 5.82 Å². The lowest BCUT2D eigenvalue weighted by Crippen LogP contribution is -2.41. The zero-order valence-electron chi connectivity index (χ0n) is 10.7. The molecule has 1 saturated heterocycles. The quantitative estimate of drug-likeness (QED) is 0.887. The lowest BCUT2D eigenvalue weighted by Gasteiger charge is -2.24. The summed E-state index contributed by atoms with van der Waals surface area (Å²) in [6, 6.07) is 6.27. The summed E-state index contributed by atoms with van der Waals surface area (Å²) in [4.78, 5) is 14.0. The summed E-state index contributed by atoms with van der Waals surface area (Å²) < 4.78 is 13.1. The number of nitrogens with zero attached hydrogens (tertiary/aromatic N) is 1. The molecule has 0 aliphatic carbocycles. The normalized spacial score (nSPS) is 18.9. The molecule has 0 aromatic heterocycles. The van der Waals surface area contributed by atoms with Crippen LogP contribution in [0.15, 0.2) is 24.3 Å². The van der Waals surface area contributed by atoms with Gasteiger partial charge in [0.15, 0.2) is 0 Å². The van der Waals surface area contributed by atoms with Crippen molar-refractivity contribution in [3.05, 3.63) is 35.6 Å². The lowest BCUT2D eigenvalue weighted by atomic mass is 10.1. The molecule has 1 aliphatic rings. The number of hydrogen-bond donors (Lipinski definition) is 1. The fourth-order valence-electron chi connectivity index (χ4n) is 2.34. The number of benzene rings is 1. The second-order valence-corrected chi connectivity index (χ2v) is 4.65. The average Bonchev–Trinajstić information content (AvgIpc) is 2.88. The van der Waals surface area contributed by atoms with Gasteiger partial charge >= 0.3 is 0 Å². The summed E-state index contributed by atoms with van der Waals surface area (Å²) >= 11 is 0. The number of likely N-dealkylation sites (N-methyl/N-ethyl adjacent to an activating group) is 1. The number of halogens is 1. The maximum absolute atomic E-state index is 13.1. The number of amides is 1. The van der Waals surface area contributed by atoms with Crippen molar-refractivity contribution in [2.45, 2.75) is 25.8 Å². The van der Waals surface area contributed by atoms with Gasteiger partial charge in [-0.15, -0.1) is 0 Å². The largest absolute Gasteiger partial charge is 0.337 e. The van der Waals surface area contributed by atoms with Crippen molar-refractivity contribution in [3.8, 4) is 0 Å². The molecular formula is C14H19FN2O. The van der Waals surface area contributed by atoms with Crippen LogP contribution in [-0.4, -0.2) is 36.5 Å². The summed E-state index contributed by atoms with van der Waals surface area (Å²) in [7, 11) is 0. The Balaban J connectivity index is 2.04. The van der Waals surface area contributed by atoms with Gasteiger partial charge in [0.25, 0.3) is 5.91 Å². The van der Waals surface area contributed by atoms with E-state index in [1.54, 1.807) is 17.0 Å². The number of hydrogen-bond acceptors (Lipinski definition) is 2. The van der Waals surface area contributed by atoms with E-state index in [1.807, 2.05) is 6.92 Å². The van der Waals surface area contributed by atoms with E-state index in [0.29, 0.717) is 24.7 Å². The SMILES string of the molecule is CCN(CC1CCCN1)C(=O)c1cccc(F)c1. The van der Waals surface area contributed by atoms with Crippen molar-refractivity contribution >= 4 is 5.91 Å². The molecule has 1 aliphatic heterocycles. The minimum Gasteiger partial charge on any atom is -0.337 e. The van der Waals surface area contributed by atoms with Crippen molar-refractivity contribution < 1.29 is 9.18 Å². The molecule has 18 heavy (non-hydrogen) atoms. The van der Waals surface area contributed by atoms with Crippen molar-refractivity contribution in [2.24, 2.45) is 0 Å². The van der Waals surface area contributed by atoms with Gasteiger partial charge < -0.3 is 10.2 Å². The Hall–Kier alpha value is -1.42. The number of rotatable bonds is 4. The lowest BCUT2D eigenvalue weighted by molar-refractivity contribution is 0.0751. The molecule has 2 rings (SSSR count). The second kappa shape index (κ2) is 5.96. The molecule has 1 aromatic carbocycles. The summed E-state index contributed by atoms with van der Waals surface area (Å²) in [6.07, 6.45) is 2.27. The molecule has 1 atom stereocenters. The van der Waals surface area contributed by atoms with E-state index >= 15 is 0 Å². The van der Waals surface area contributed by atoms with E-state index in [9.17, 15) is 9.18 Å². The van der Waals surface area contributed by atoms with Gasteiger partial charge in [-0.3, -0.25) is 4.79 Å². The van der Waals surface area contributed by atoms with Gasteiger partial charge in [0, 0.05) is 24.7 Å². The van der Waals surface area contributed by atoms with Crippen LogP contribution in [0.2, 0.25) is 0 Å². The van der Waals surface area contributed by atoms with Crippen molar-refractivity contribution in [2.75, 3.05) is 19.6 Å². The Kier molecular flexibility index (Phi) is 4.31. The monoisotopic (exact) mass is 250 g/mol. The van der Waals surface area contributed by atoms with Gasteiger partial charge in [-0.1, -0.05) is 6.07 Å². The Bertz CT molecular complexity index is 416. The Labute approximate surface area is 107 Å². The van der Waals surface area contributed by atoms with Crippen molar-refractivity contribution in [1.82, 2.24) is 10.2 Å². The van der Waals surface area contributed by atoms with Crippen LogP contribution in [0.1, 0.15) is 30.1 Å². The maximum atomic E-state index is 13.1. The molecule has 0 radical (unpaired) electrons. The van der Waals surface area contributed by atoms with Crippen LogP contribution >= 0.6 is 0 Å². The zero-order chi connectivity index (χ0) is 13.0. The molecule has 1 aromatic rings. The van der Waals surface area contributed by atoms with Gasteiger partial charge in [-0.25, -0.2) is 4.39 Å². The fourth-order valence-corrected chi connectivity index (χ4v) is 2.34. The molecule has 1 fully saturated rings. The van der Waals surface area contributed by atoms with Crippen LogP contribution in [0.3, 0.4) is 0 Å². The van der Waals surface area contributed by atoms with Crippen LogP contribution in [-0.2, 0) is 0 Å². The highest BCUT2D eigenvalue weighted by Gasteiger charge is 2.21. The molecule has 1 heterocycles. The molecule has 4 heteroatoms. The molecule has 98 valence electrons. The molecule has 0 bridgehead atoms. The third-order valence-electron chi connectivity index (χ3n) is 3.34. The maximum Gasteiger partial charge on any atom is 0.254 e. The van der Waals surface area contributed by atoms with Gasteiger partial charge in [0.2, 0.25) is 0 Å². The number of nitrogens with one attached hydrogen (secondary N) is 1. The fraction of sp³-hybridized carbons (Fsp3) is 0.500. The van der Waals surface area contributed by atoms with E-state index in [1.165, 1.54) is 12.1 Å². The number of carbonyl (C=O) groups excluding carboxylic acids is 1. The summed E-state index contributed by atoms with van der Waals surface area (Å²) in [5.41, 5.74) is 0.426. The smallest absolute Gasteiger partial charge is 0.254 e. The van der Waals surface area contributed by atoms with Gasteiger partial charge in [-0.2, -0.15) is 0 Å². The molecule has 3 nitrogen and oxygen atoms in total. The molecule has 0 spiro atoms. The summed E-state index contributed by atoms with van der Waals surface area (Å²) in [5.74, 6) is -0.457. The average molecular weight is 250 g/mol. The van der Waals surface area contributed by atoms with Crippen LogP contribution in [0.25, 0.3) is 0 Å². The topological polar surface area (TPSA) is 32.3 Å². The predicted octanol–water partition coefficient (Wildman–Crippen LogP) is 2.04. The first kappa shape index (κ1) is 13.0. The Morgan fingerprint density at radius 3 is 3.00 bits per heavy atom. The Morgan fingerprint density at radius 1 is 1.56 bits per heavy atom. The van der Waals surface area contributed by atoms with E-state index in [4.69, 9.17) is 0 Å². The molecular weight excluding hydrogens is 231 g/mol. The standard InChI is InChI=1S/C14H19FN2O/c1-2-17(10-13-7-4-8-16-13)14(18)11-5-3-6-12(15)9-11/h3,5-6,9,13,16H,2,4,7-8,10H2,1H3. The predicted molar refractivity (Wildman–Crippen MR) is 69.0 cm³/mol. The van der Waals surface area contributed by atoms with Crippen molar-refractivity contribution in [3.63, 3.8) is 0 Å². The van der Waals surface area contributed by atoms with Crippen LogP contribution in [0.5, 0.6) is 0 Å². The van der Waals surface area contributed by atoms with Crippen molar-refractivity contribution in [1.29, 1.82) is 0 Å². The van der Waals surface area contributed by atoms with E-state index in [-0.39, 0.29) is 11.7 Å². The summed E-state index contributed by atoms with van der Waals surface area (Å²) in [5, 5.41) is 3.37. The third-order valence-corrected chi connectivity index (χ3v) is 3.34. The highest BCUT2D eigenvalue weighted by Crippen LogP contribution is 2.11. The zero-order valence-corrected chi connectivity index (χ0v) is 10.7. The Morgan fingerprint density at radius 2 is 2.39 bits per heavy atom. The first-order valence-corrected chi connectivity index (χ1v) is 6.49. The van der Waals surface area contributed by atoms with Gasteiger partial charge in [-0.05, 0) is 44.5 Å². The minimum absolute atomic E-state index is 0.0919. The van der Waals surface area contributed by atoms with Crippen LogP contribution in [0.4, 0.5) is 4.39 Å². The molecule has 1 N–H and O–H groups in total. The van der Waals surface area contributed by atoms with Crippen LogP contribution < -0.4 is 5.32 Å². The highest BCUT2D eigenvalue weighted by molar-refractivity contribution is 5.94.